The third kappa shape index (κ3) is 2.75. The molecule has 2 heterocycles. The molecule has 1 atom stereocenters. The number of imide groups is 1. The fourth-order valence-corrected chi connectivity index (χ4v) is 4.38. The zero-order valence-corrected chi connectivity index (χ0v) is 16.3. The largest absolute Gasteiger partial charge is 0.325 e. The lowest BCUT2D eigenvalue weighted by Gasteiger charge is -2.22. The van der Waals surface area contributed by atoms with E-state index in [-0.39, 0.29) is 18.5 Å². The molecule has 6 nitrogen and oxygen atoms in total. The fourth-order valence-electron chi connectivity index (χ4n) is 4.38. The first kappa shape index (κ1) is 17.7. The molecule has 0 saturated carbocycles. The molecule has 0 radical (unpaired) electrons. The summed E-state index contributed by atoms with van der Waals surface area (Å²) >= 11 is 0. The number of carbonyl (C=O) groups is 2. The Bertz CT molecular complexity index is 1090. The number of para-hydroxylation sites is 1. The van der Waals surface area contributed by atoms with E-state index in [1.54, 1.807) is 6.92 Å². The second-order valence-electron chi connectivity index (χ2n) is 7.79. The van der Waals surface area contributed by atoms with E-state index >= 15 is 0 Å². The van der Waals surface area contributed by atoms with E-state index in [1.165, 1.54) is 16.2 Å². The molecule has 146 valence electrons. The highest BCUT2D eigenvalue weighted by Gasteiger charge is 2.49. The van der Waals surface area contributed by atoms with Crippen molar-refractivity contribution >= 4 is 11.9 Å². The van der Waals surface area contributed by atoms with Gasteiger partial charge >= 0.3 is 6.03 Å². The predicted molar refractivity (Wildman–Crippen MR) is 108 cm³/mol. The van der Waals surface area contributed by atoms with Gasteiger partial charge in [-0.25, -0.2) is 9.48 Å². The number of aromatic nitrogens is 2. The minimum atomic E-state index is -1.05. The smallest absolute Gasteiger partial charge is 0.319 e. The van der Waals surface area contributed by atoms with Crippen LogP contribution in [0.2, 0.25) is 0 Å². The van der Waals surface area contributed by atoms with E-state index in [0.29, 0.717) is 0 Å². The molecule has 1 aliphatic heterocycles. The number of hydrogen-bond acceptors (Lipinski definition) is 3. The van der Waals surface area contributed by atoms with Crippen LogP contribution in [-0.4, -0.2) is 26.6 Å². The van der Waals surface area contributed by atoms with Crippen molar-refractivity contribution in [2.24, 2.45) is 0 Å². The van der Waals surface area contributed by atoms with Crippen LogP contribution in [0.15, 0.2) is 60.7 Å². The van der Waals surface area contributed by atoms with Gasteiger partial charge in [-0.05, 0) is 49.4 Å². The summed E-state index contributed by atoms with van der Waals surface area (Å²) in [4.78, 5) is 27.2. The van der Waals surface area contributed by atoms with Crippen LogP contribution in [0.25, 0.3) is 5.69 Å². The molecule has 0 bridgehead atoms. The minimum Gasteiger partial charge on any atom is -0.319 e. The van der Waals surface area contributed by atoms with Crippen molar-refractivity contribution in [1.29, 1.82) is 0 Å². The number of fused-ring (bicyclic) bond motifs is 1. The lowest BCUT2D eigenvalue weighted by atomic mass is 9.92. The number of benzene rings is 2. The van der Waals surface area contributed by atoms with Gasteiger partial charge in [-0.3, -0.25) is 9.69 Å². The molecule has 2 aromatic carbocycles. The van der Waals surface area contributed by atoms with Gasteiger partial charge < -0.3 is 5.32 Å². The highest BCUT2D eigenvalue weighted by molar-refractivity contribution is 6.07. The third-order valence-electron chi connectivity index (χ3n) is 5.95. The van der Waals surface area contributed by atoms with E-state index in [9.17, 15) is 9.59 Å². The molecule has 1 unspecified atom stereocenters. The van der Waals surface area contributed by atoms with Gasteiger partial charge in [0.25, 0.3) is 5.91 Å². The van der Waals surface area contributed by atoms with Gasteiger partial charge in [-0.15, -0.1) is 0 Å². The van der Waals surface area contributed by atoms with Crippen molar-refractivity contribution in [3.05, 3.63) is 83.2 Å². The van der Waals surface area contributed by atoms with Gasteiger partial charge in [0.05, 0.1) is 17.9 Å². The summed E-state index contributed by atoms with van der Waals surface area (Å²) in [5, 5.41) is 7.67. The number of urea groups is 1. The van der Waals surface area contributed by atoms with Crippen molar-refractivity contribution < 1.29 is 9.59 Å². The summed E-state index contributed by atoms with van der Waals surface area (Å²) in [6.07, 6.45) is 2.95. The molecule has 1 aliphatic carbocycles. The van der Waals surface area contributed by atoms with Gasteiger partial charge in [-0.1, -0.05) is 48.5 Å². The van der Waals surface area contributed by atoms with Crippen LogP contribution in [0.3, 0.4) is 0 Å². The Balaban J connectivity index is 1.48. The molecule has 3 aromatic rings. The van der Waals surface area contributed by atoms with Crippen molar-refractivity contribution in [2.75, 3.05) is 0 Å². The molecule has 2 aliphatic rings. The number of nitrogens with one attached hydrogen (secondary N) is 1. The Morgan fingerprint density at radius 3 is 2.41 bits per heavy atom. The maximum Gasteiger partial charge on any atom is 0.325 e. The molecule has 1 aromatic heterocycles. The van der Waals surface area contributed by atoms with Gasteiger partial charge in [0, 0.05) is 5.69 Å². The molecule has 1 saturated heterocycles. The van der Waals surface area contributed by atoms with Crippen LogP contribution < -0.4 is 5.32 Å². The van der Waals surface area contributed by atoms with E-state index in [4.69, 9.17) is 5.10 Å². The molecule has 0 spiro atoms. The number of nitrogens with zero attached hydrogens (tertiary/aromatic N) is 3. The number of rotatable bonds is 4. The van der Waals surface area contributed by atoms with Crippen LogP contribution in [-0.2, 0) is 29.7 Å². The van der Waals surface area contributed by atoms with Crippen LogP contribution >= 0.6 is 0 Å². The second-order valence-corrected chi connectivity index (χ2v) is 7.79. The van der Waals surface area contributed by atoms with Crippen molar-refractivity contribution in [3.63, 3.8) is 0 Å². The summed E-state index contributed by atoms with van der Waals surface area (Å²) in [5.41, 5.74) is 3.89. The number of hydrogen-bond donors (Lipinski definition) is 1. The molecule has 1 N–H and O–H groups in total. The second kappa shape index (κ2) is 6.58. The standard InChI is InChI=1S/C23H22N4O2/c1-23(16-9-4-2-5-10-16)21(28)26(22(29)24-23)15-19-18-13-8-14-20(18)27(25-19)17-11-6-3-7-12-17/h2-7,9-12H,8,13-15H2,1H3,(H,24,29). The van der Waals surface area contributed by atoms with Gasteiger partial charge in [0.2, 0.25) is 0 Å². The van der Waals surface area contributed by atoms with Crippen LogP contribution in [0.4, 0.5) is 4.79 Å². The van der Waals surface area contributed by atoms with Crippen LogP contribution in [0.5, 0.6) is 0 Å². The topological polar surface area (TPSA) is 67.2 Å². The van der Waals surface area contributed by atoms with Crippen molar-refractivity contribution in [2.45, 2.75) is 38.3 Å². The first-order valence-electron chi connectivity index (χ1n) is 9.92. The molecule has 1 fully saturated rings. The van der Waals surface area contributed by atoms with E-state index < -0.39 is 5.54 Å². The molecule has 5 rings (SSSR count). The first-order chi connectivity index (χ1) is 14.1. The van der Waals surface area contributed by atoms with E-state index in [1.807, 2.05) is 65.3 Å². The monoisotopic (exact) mass is 386 g/mol. The summed E-state index contributed by atoms with van der Waals surface area (Å²) in [6, 6.07) is 19.0. The number of amides is 3. The van der Waals surface area contributed by atoms with Crippen LogP contribution in [0, 0.1) is 0 Å². The normalized spacial score (nSPS) is 20.8. The van der Waals surface area contributed by atoms with Crippen molar-refractivity contribution in [3.8, 4) is 5.69 Å². The third-order valence-corrected chi connectivity index (χ3v) is 5.95. The Labute approximate surface area is 169 Å². The lowest BCUT2D eigenvalue weighted by molar-refractivity contribution is -0.131. The summed E-state index contributed by atoms with van der Waals surface area (Å²) in [7, 11) is 0. The number of carbonyl (C=O) groups excluding carboxylic acids is 2. The van der Waals surface area contributed by atoms with Crippen molar-refractivity contribution in [1.82, 2.24) is 20.0 Å². The fraction of sp³-hybridized carbons (Fsp3) is 0.261. The average Bonchev–Trinajstić information content (AvgIpc) is 3.41. The Kier molecular flexibility index (Phi) is 4.01. The minimum absolute atomic E-state index is 0.190. The van der Waals surface area contributed by atoms with E-state index in [0.717, 1.165) is 36.2 Å². The maximum absolute atomic E-state index is 13.2. The molecular weight excluding hydrogens is 364 g/mol. The lowest BCUT2D eigenvalue weighted by Crippen LogP contribution is -2.40. The van der Waals surface area contributed by atoms with E-state index in [2.05, 4.69) is 5.32 Å². The molecule has 29 heavy (non-hydrogen) atoms. The quantitative estimate of drug-likeness (QED) is 0.700. The Morgan fingerprint density at radius 1 is 1.00 bits per heavy atom. The highest BCUT2D eigenvalue weighted by atomic mass is 16.2. The predicted octanol–water partition coefficient (Wildman–Crippen LogP) is 3.33. The van der Waals surface area contributed by atoms with Gasteiger partial charge in [-0.2, -0.15) is 5.10 Å². The molecule has 6 heteroatoms. The average molecular weight is 386 g/mol. The van der Waals surface area contributed by atoms with Gasteiger partial charge in [0.1, 0.15) is 5.54 Å². The zero-order chi connectivity index (χ0) is 20.0. The maximum atomic E-state index is 13.2. The summed E-state index contributed by atoms with van der Waals surface area (Å²) in [6.45, 7) is 1.95. The van der Waals surface area contributed by atoms with Gasteiger partial charge in [0.15, 0.2) is 0 Å². The zero-order valence-electron chi connectivity index (χ0n) is 16.3. The molecular formula is C23H22N4O2. The summed E-state index contributed by atoms with van der Waals surface area (Å²) in [5.74, 6) is -0.241. The Morgan fingerprint density at radius 2 is 1.69 bits per heavy atom. The molecule has 3 amide bonds. The first-order valence-corrected chi connectivity index (χ1v) is 9.92. The SMILES string of the molecule is CC1(c2ccccc2)NC(=O)N(Cc2nn(-c3ccccc3)c3c2CCC3)C1=O. The van der Waals surface area contributed by atoms with Crippen LogP contribution in [0.1, 0.15) is 35.9 Å². The Hall–Kier alpha value is -3.41. The highest BCUT2D eigenvalue weighted by Crippen LogP contribution is 2.32. The summed E-state index contributed by atoms with van der Waals surface area (Å²) < 4.78 is 1.96.